The van der Waals surface area contributed by atoms with Crippen LogP contribution in [0.25, 0.3) is 22.4 Å². The summed E-state index contributed by atoms with van der Waals surface area (Å²) in [6.07, 6.45) is 3.52. The highest BCUT2D eigenvalue weighted by Crippen LogP contribution is 2.37. The van der Waals surface area contributed by atoms with E-state index in [4.69, 9.17) is 5.73 Å². The summed E-state index contributed by atoms with van der Waals surface area (Å²) >= 11 is 3.60. The molecule has 5 heteroatoms. The summed E-state index contributed by atoms with van der Waals surface area (Å²) in [4.78, 5) is 4.14. The number of anilines is 1. The number of nitrogen functional groups attached to an aromatic ring is 1. The van der Waals surface area contributed by atoms with E-state index in [1.165, 1.54) is 5.56 Å². The Bertz CT molecular complexity index is 750. The third kappa shape index (κ3) is 2.20. The number of aromatic nitrogens is 3. The van der Waals surface area contributed by atoms with Crippen LogP contribution in [0.2, 0.25) is 0 Å². The number of H-pyrrole nitrogens is 1. The van der Waals surface area contributed by atoms with Gasteiger partial charge in [-0.05, 0) is 24.6 Å². The molecule has 0 bridgehead atoms. The molecule has 0 atom stereocenters. The van der Waals surface area contributed by atoms with Gasteiger partial charge < -0.3 is 5.73 Å². The zero-order chi connectivity index (χ0) is 14.1. The van der Waals surface area contributed by atoms with Gasteiger partial charge in [-0.25, -0.2) is 0 Å². The van der Waals surface area contributed by atoms with Crippen molar-refractivity contribution in [1.29, 1.82) is 0 Å². The topological polar surface area (TPSA) is 67.6 Å². The lowest BCUT2D eigenvalue weighted by atomic mass is 10.0. The first kappa shape index (κ1) is 12.9. The minimum atomic E-state index is 0.473. The Kier molecular flexibility index (Phi) is 3.28. The number of rotatable bonds is 2. The van der Waals surface area contributed by atoms with E-state index in [0.717, 1.165) is 26.9 Å². The molecule has 0 aliphatic heterocycles. The molecule has 3 aromatic rings. The SMILES string of the molecule is Cc1ccc(-c2[nH]nc(N)c2-c2cccnc2)c(Br)c1. The number of nitrogens with one attached hydrogen (secondary N) is 1. The number of benzene rings is 1. The summed E-state index contributed by atoms with van der Waals surface area (Å²) < 4.78 is 1.01. The number of hydrogen-bond donors (Lipinski definition) is 2. The predicted molar refractivity (Wildman–Crippen MR) is 84.1 cm³/mol. The van der Waals surface area contributed by atoms with Gasteiger partial charge in [0.2, 0.25) is 0 Å². The lowest BCUT2D eigenvalue weighted by Crippen LogP contribution is -1.90. The van der Waals surface area contributed by atoms with Crippen molar-refractivity contribution in [3.05, 3.63) is 52.8 Å². The fourth-order valence-electron chi connectivity index (χ4n) is 2.18. The van der Waals surface area contributed by atoms with Gasteiger partial charge in [-0.1, -0.05) is 34.1 Å². The summed E-state index contributed by atoms with van der Waals surface area (Å²) in [6, 6.07) is 10.0. The van der Waals surface area contributed by atoms with Crippen molar-refractivity contribution >= 4 is 21.7 Å². The fourth-order valence-corrected chi connectivity index (χ4v) is 2.87. The van der Waals surface area contributed by atoms with E-state index in [9.17, 15) is 0 Å². The summed E-state index contributed by atoms with van der Waals surface area (Å²) in [6.45, 7) is 2.05. The van der Waals surface area contributed by atoms with E-state index in [2.05, 4.69) is 50.2 Å². The molecule has 3 rings (SSSR count). The van der Waals surface area contributed by atoms with Gasteiger partial charge in [-0.15, -0.1) is 0 Å². The van der Waals surface area contributed by atoms with Crippen LogP contribution in [0.4, 0.5) is 5.82 Å². The number of halogens is 1. The molecule has 4 nitrogen and oxygen atoms in total. The average Bonchev–Trinajstić information content (AvgIpc) is 2.81. The lowest BCUT2D eigenvalue weighted by Gasteiger charge is -2.07. The van der Waals surface area contributed by atoms with Crippen LogP contribution in [0, 0.1) is 6.92 Å². The van der Waals surface area contributed by atoms with Crippen molar-refractivity contribution in [2.75, 3.05) is 5.73 Å². The molecule has 0 amide bonds. The van der Waals surface area contributed by atoms with Gasteiger partial charge in [0.25, 0.3) is 0 Å². The van der Waals surface area contributed by atoms with E-state index < -0.39 is 0 Å². The van der Waals surface area contributed by atoms with Gasteiger partial charge in [-0.3, -0.25) is 10.1 Å². The molecule has 0 saturated heterocycles. The Balaban J connectivity index is 2.21. The minimum Gasteiger partial charge on any atom is -0.382 e. The molecule has 2 heterocycles. The van der Waals surface area contributed by atoms with E-state index in [1.54, 1.807) is 12.4 Å². The molecule has 0 radical (unpaired) electrons. The van der Waals surface area contributed by atoms with Crippen LogP contribution < -0.4 is 5.73 Å². The van der Waals surface area contributed by atoms with Gasteiger partial charge in [0.15, 0.2) is 5.82 Å². The number of nitrogens with zero attached hydrogens (tertiary/aromatic N) is 2. The largest absolute Gasteiger partial charge is 0.382 e. The van der Waals surface area contributed by atoms with Crippen LogP contribution in [0.3, 0.4) is 0 Å². The van der Waals surface area contributed by atoms with Gasteiger partial charge in [0, 0.05) is 28.0 Å². The van der Waals surface area contributed by atoms with E-state index in [-0.39, 0.29) is 0 Å². The van der Waals surface area contributed by atoms with Crippen molar-refractivity contribution < 1.29 is 0 Å². The molecule has 0 saturated carbocycles. The number of pyridine rings is 1. The van der Waals surface area contributed by atoms with Crippen LogP contribution in [0.1, 0.15) is 5.56 Å². The maximum absolute atomic E-state index is 6.01. The molecule has 1 aromatic carbocycles. The van der Waals surface area contributed by atoms with E-state index in [1.807, 2.05) is 18.2 Å². The molecule has 2 aromatic heterocycles. The van der Waals surface area contributed by atoms with Crippen molar-refractivity contribution in [1.82, 2.24) is 15.2 Å². The quantitative estimate of drug-likeness (QED) is 0.752. The van der Waals surface area contributed by atoms with Crippen LogP contribution >= 0.6 is 15.9 Å². The Morgan fingerprint density at radius 1 is 1.25 bits per heavy atom. The third-order valence-corrected chi connectivity index (χ3v) is 3.79. The van der Waals surface area contributed by atoms with Gasteiger partial charge in [-0.2, -0.15) is 5.10 Å². The first-order valence-electron chi connectivity index (χ1n) is 6.17. The molecule has 0 aliphatic carbocycles. The zero-order valence-corrected chi connectivity index (χ0v) is 12.5. The highest BCUT2D eigenvalue weighted by molar-refractivity contribution is 9.10. The second kappa shape index (κ2) is 5.09. The van der Waals surface area contributed by atoms with Crippen molar-refractivity contribution in [2.24, 2.45) is 0 Å². The van der Waals surface area contributed by atoms with Crippen molar-refractivity contribution in [3.8, 4) is 22.4 Å². The molecule has 0 fully saturated rings. The fraction of sp³-hybridized carbons (Fsp3) is 0.0667. The molecule has 20 heavy (non-hydrogen) atoms. The summed E-state index contributed by atoms with van der Waals surface area (Å²) in [5.74, 6) is 0.473. The van der Waals surface area contributed by atoms with Crippen LogP contribution in [0.5, 0.6) is 0 Å². The highest BCUT2D eigenvalue weighted by Gasteiger charge is 2.16. The molecule has 0 spiro atoms. The number of aromatic amines is 1. The lowest BCUT2D eigenvalue weighted by molar-refractivity contribution is 1.10. The predicted octanol–water partition coefficient (Wildman–Crippen LogP) is 3.79. The van der Waals surface area contributed by atoms with E-state index in [0.29, 0.717) is 5.82 Å². The summed E-state index contributed by atoms with van der Waals surface area (Å²) in [5.41, 5.74) is 10.9. The number of aryl methyl sites for hydroxylation is 1. The van der Waals surface area contributed by atoms with Crippen LogP contribution in [-0.2, 0) is 0 Å². The Labute approximate surface area is 125 Å². The Morgan fingerprint density at radius 3 is 2.80 bits per heavy atom. The molecular weight excluding hydrogens is 316 g/mol. The molecule has 3 N–H and O–H groups in total. The Morgan fingerprint density at radius 2 is 2.10 bits per heavy atom. The first-order valence-corrected chi connectivity index (χ1v) is 6.97. The number of hydrogen-bond acceptors (Lipinski definition) is 3. The maximum atomic E-state index is 6.01. The smallest absolute Gasteiger partial charge is 0.153 e. The standard InChI is InChI=1S/C15H13BrN4/c1-9-4-5-11(12(16)7-9)14-13(15(17)20-19-14)10-3-2-6-18-8-10/h2-8H,1H3,(H3,17,19,20). The molecular formula is C15H13BrN4. The summed E-state index contributed by atoms with van der Waals surface area (Å²) in [7, 11) is 0. The van der Waals surface area contributed by atoms with Gasteiger partial charge >= 0.3 is 0 Å². The zero-order valence-electron chi connectivity index (χ0n) is 10.9. The highest BCUT2D eigenvalue weighted by atomic mass is 79.9. The van der Waals surface area contributed by atoms with Crippen LogP contribution in [-0.4, -0.2) is 15.2 Å². The minimum absolute atomic E-state index is 0.473. The molecule has 0 unspecified atom stereocenters. The second-order valence-corrected chi connectivity index (χ2v) is 5.44. The van der Waals surface area contributed by atoms with Gasteiger partial charge in [0.1, 0.15) is 0 Å². The van der Waals surface area contributed by atoms with Gasteiger partial charge in [0.05, 0.1) is 11.3 Å². The average molecular weight is 329 g/mol. The second-order valence-electron chi connectivity index (χ2n) is 4.58. The summed E-state index contributed by atoms with van der Waals surface area (Å²) in [5, 5.41) is 7.15. The first-order chi connectivity index (χ1) is 9.66. The van der Waals surface area contributed by atoms with E-state index >= 15 is 0 Å². The van der Waals surface area contributed by atoms with Crippen molar-refractivity contribution in [3.63, 3.8) is 0 Å². The molecule has 100 valence electrons. The Hall–Kier alpha value is -2.14. The molecule has 0 aliphatic rings. The monoisotopic (exact) mass is 328 g/mol. The third-order valence-electron chi connectivity index (χ3n) is 3.14. The normalized spacial score (nSPS) is 10.7. The number of nitrogens with two attached hydrogens (primary N) is 1. The van der Waals surface area contributed by atoms with Crippen molar-refractivity contribution in [2.45, 2.75) is 6.92 Å². The van der Waals surface area contributed by atoms with Crippen LogP contribution in [0.15, 0.2) is 47.2 Å². The maximum Gasteiger partial charge on any atom is 0.153 e.